The molecule has 0 heterocycles. The van der Waals surface area contributed by atoms with Crippen molar-refractivity contribution in [2.75, 3.05) is 6.54 Å². The number of carbonyl (C=O) groups excluding carboxylic acids is 2. The van der Waals surface area contributed by atoms with Crippen LogP contribution in [-0.2, 0) is 14.0 Å². The Morgan fingerprint density at radius 1 is 1.62 bits per heavy atom. The van der Waals surface area contributed by atoms with Gasteiger partial charge in [-0.2, -0.15) is 0 Å². The summed E-state index contributed by atoms with van der Waals surface area (Å²) >= 11 is 0. The molecule has 1 amide bonds. The van der Waals surface area contributed by atoms with Gasteiger partial charge in [-0.15, -0.1) is 0 Å². The fourth-order valence-corrected chi connectivity index (χ4v) is 1.61. The van der Waals surface area contributed by atoms with Gasteiger partial charge in [0, 0.05) is 13.5 Å². The number of nitrogens with one attached hydrogen (secondary N) is 1. The van der Waals surface area contributed by atoms with Crippen LogP contribution in [0, 0.1) is 0 Å². The highest BCUT2D eigenvalue weighted by Crippen LogP contribution is 1.88. The molecular weight excluding hydrogens is 186 g/mol. The van der Waals surface area contributed by atoms with E-state index in [0.29, 0.717) is 6.54 Å². The molecule has 0 aromatic rings. The summed E-state index contributed by atoms with van der Waals surface area (Å²) in [4.78, 5) is 21.0. The molecule has 0 aliphatic carbocycles. The van der Waals surface area contributed by atoms with E-state index in [9.17, 15) is 9.59 Å². The summed E-state index contributed by atoms with van der Waals surface area (Å²) in [5, 5.41) is 2.65. The fraction of sp³-hybridized carbons (Fsp3) is 0.500. The zero-order valence-electron chi connectivity index (χ0n) is 7.84. The van der Waals surface area contributed by atoms with Gasteiger partial charge in [-0.1, -0.05) is 6.58 Å². The Morgan fingerprint density at radius 3 is 2.85 bits per heavy atom. The highest BCUT2D eigenvalue weighted by atomic mass is 28.2. The Bertz CT molecular complexity index is 194. The van der Waals surface area contributed by atoms with Gasteiger partial charge in [-0.25, -0.2) is 0 Å². The Labute approximate surface area is 80.3 Å². The number of rotatable bonds is 6. The molecule has 0 saturated heterocycles. The molecule has 0 aliphatic heterocycles. The highest BCUT2D eigenvalue weighted by Gasteiger charge is 1.95. The van der Waals surface area contributed by atoms with Gasteiger partial charge in [-0.3, -0.25) is 9.59 Å². The Morgan fingerprint density at radius 2 is 2.31 bits per heavy atom. The summed E-state index contributed by atoms with van der Waals surface area (Å²) < 4.78 is 4.84. The van der Waals surface area contributed by atoms with Crippen LogP contribution < -0.4 is 5.32 Å². The number of amides is 1. The fourth-order valence-electron chi connectivity index (χ4n) is 0.727. The van der Waals surface area contributed by atoms with Gasteiger partial charge in [-0.05, 0) is 18.5 Å². The average Bonchev–Trinajstić information content (AvgIpc) is 2.10. The molecule has 1 N–H and O–H groups in total. The molecule has 0 bridgehead atoms. The van der Waals surface area contributed by atoms with Crippen LogP contribution in [0.3, 0.4) is 0 Å². The SMILES string of the molecule is C=CC(=O)NCCC[SiH2]OC(C)=O. The predicted octanol–water partition coefficient (Wildman–Crippen LogP) is -0.256. The Hall–Kier alpha value is -1.10. The first-order chi connectivity index (χ1) is 6.16. The van der Waals surface area contributed by atoms with Crippen molar-refractivity contribution in [3.05, 3.63) is 12.7 Å². The molecule has 0 fully saturated rings. The van der Waals surface area contributed by atoms with Crippen LogP contribution in [-0.4, -0.2) is 28.2 Å². The van der Waals surface area contributed by atoms with Crippen LogP contribution >= 0.6 is 0 Å². The van der Waals surface area contributed by atoms with E-state index >= 15 is 0 Å². The normalized spacial score (nSPS) is 9.92. The van der Waals surface area contributed by atoms with Crippen molar-refractivity contribution in [3.8, 4) is 0 Å². The zero-order chi connectivity index (χ0) is 10.1. The van der Waals surface area contributed by atoms with Crippen molar-refractivity contribution in [2.24, 2.45) is 0 Å². The molecule has 0 aromatic heterocycles. The molecule has 0 unspecified atom stereocenters. The summed E-state index contributed by atoms with van der Waals surface area (Å²) in [6.07, 6.45) is 2.10. The van der Waals surface area contributed by atoms with Crippen LogP contribution in [0.25, 0.3) is 0 Å². The second-order valence-electron chi connectivity index (χ2n) is 2.54. The maximum Gasteiger partial charge on any atom is 0.288 e. The van der Waals surface area contributed by atoms with E-state index in [0.717, 1.165) is 12.5 Å². The molecule has 0 aliphatic rings. The van der Waals surface area contributed by atoms with Crippen molar-refractivity contribution < 1.29 is 14.0 Å². The van der Waals surface area contributed by atoms with Crippen molar-refractivity contribution >= 4 is 21.6 Å². The minimum atomic E-state index is -0.714. The molecule has 0 atom stereocenters. The zero-order valence-corrected chi connectivity index (χ0v) is 9.25. The predicted molar refractivity (Wildman–Crippen MR) is 52.9 cm³/mol. The van der Waals surface area contributed by atoms with Crippen molar-refractivity contribution in [2.45, 2.75) is 19.4 Å². The van der Waals surface area contributed by atoms with Gasteiger partial charge in [0.2, 0.25) is 15.7 Å². The third-order valence-electron chi connectivity index (χ3n) is 1.36. The Balaban J connectivity index is 3.12. The molecule has 0 radical (unpaired) electrons. The van der Waals surface area contributed by atoms with E-state index in [-0.39, 0.29) is 11.9 Å². The van der Waals surface area contributed by atoms with Gasteiger partial charge in [0.25, 0.3) is 5.97 Å². The van der Waals surface area contributed by atoms with E-state index < -0.39 is 9.76 Å². The molecular formula is C8H15NO3Si. The highest BCUT2D eigenvalue weighted by molar-refractivity contribution is 6.30. The molecule has 4 nitrogen and oxygen atoms in total. The molecule has 0 spiro atoms. The van der Waals surface area contributed by atoms with Crippen molar-refractivity contribution in [1.82, 2.24) is 5.32 Å². The topological polar surface area (TPSA) is 55.4 Å². The summed E-state index contributed by atoms with van der Waals surface area (Å²) in [7, 11) is -0.714. The number of hydrogen-bond acceptors (Lipinski definition) is 3. The van der Waals surface area contributed by atoms with Gasteiger partial charge in [0.15, 0.2) is 0 Å². The van der Waals surface area contributed by atoms with Crippen LogP contribution in [0.5, 0.6) is 0 Å². The van der Waals surface area contributed by atoms with E-state index in [4.69, 9.17) is 4.43 Å². The van der Waals surface area contributed by atoms with Crippen LogP contribution in [0.4, 0.5) is 0 Å². The summed E-state index contributed by atoms with van der Waals surface area (Å²) in [6.45, 7) is 5.36. The first-order valence-electron chi connectivity index (χ1n) is 4.20. The molecule has 0 saturated carbocycles. The standard InChI is InChI=1S/C8H15NO3Si/c1-3-8(11)9-5-4-6-13-12-7(2)10/h3H,1,4-6,13H2,2H3,(H,9,11). The smallest absolute Gasteiger partial charge is 0.288 e. The number of hydrogen-bond donors (Lipinski definition) is 1. The lowest BCUT2D eigenvalue weighted by Gasteiger charge is -2.02. The summed E-state index contributed by atoms with van der Waals surface area (Å²) in [6, 6.07) is 0.900. The monoisotopic (exact) mass is 201 g/mol. The van der Waals surface area contributed by atoms with Crippen molar-refractivity contribution in [1.29, 1.82) is 0 Å². The lowest BCUT2D eigenvalue weighted by molar-refractivity contribution is -0.131. The van der Waals surface area contributed by atoms with E-state index in [2.05, 4.69) is 11.9 Å². The minimum absolute atomic E-state index is 0.158. The van der Waals surface area contributed by atoms with Gasteiger partial charge in [0.1, 0.15) is 0 Å². The lowest BCUT2D eigenvalue weighted by Crippen LogP contribution is -2.22. The third kappa shape index (κ3) is 8.81. The second-order valence-corrected chi connectivity index (χ2v) is 3.95. The average molecular weight is 201 g/mol. The van der Waals surface area contributed by atoms with Gasteiger partial charge >= 0.3 is 0 Å². The second kappa shape index (κ2) is 7.54. The Kier molecular flexibility index (Phi) is 6.90. The largest absolute Gasteiger partial charge is 0.525 e. The first kappa shape index (κ1) is 11.9. The van der Waals surface area contributed by atoms with Gasteiger partial charge in [0.05, 0.1) is 0 Å². The molecule has 0 rings (SSSR count). The van der Waals surface area contributed by atoms with Crippen LogP contribution in [0.15, 0.2) is 12.7 Å². The van der Waals surface area contributed by atoms with E-state index in [1.807, 2.05) is 0 Å². The van der Waals surface area contributed by atoms with Gasteiger partial charge < -0.3 is 9.74 Å². The lowest BCUT2D eigenvalue weighted by atomic mass is 10.4. The maximum atomic E-state index is 10.6. The first-order valence-corrected chi connectivity index (χ1v) is 5.78. The van der Waals surface area contributed by atoms with Crippen LogP contribution in [0.2, 0.25) is 6.04 Å². The van der Waals surface area contributed by atoms with E-state index in [1.54, 1.807) is 0 Å². The maximum absolute atomic E-state index is 10.6. The van der Waals surface area contributed by atoms with Crippen molar-refractivity contribution in [3.63, 3.8) is 0 Å². The van der Waals surface area contributed by atoms with Crippen LogP contribution in [0.1, 0.15) is 13.3 Å². The summed E-state index contributed by atoms with van der Waals surface area (Å²) in [5.74, 6) is -0.365. The molecule has 5 heteroatoms. The molecule has 13 heavy (non-hydrogen) atoms. The quantitative estimate of drug-likeness (QED) is 0.366. The molecule has 0 aromatic carbocycles. The minimum Gasteiger partial charge on any atom is -0.525 e. The third-order valence-corrected chi connectivity index (χ3v) is 2.76. The van der Waals surface area contributed by atoms with E-state index in [1.165, 1.54) is 13.0 Å². The summed E-state index contributed by atoms with van der Waals surface area (Å²) in [5.41, 5.74) is 0. The molecule has 74 valence electrons. The number of carbonyl (C=O) groups is 2.